The van der Waals surface area contributed by atoms with E-state index >= 15 is 0 Å². The second-order valence-corrected chi connectivity index (χ2v) is 1.84. The number of nitrogens with zero attached hydrogens (tertiary/aromatic N) is 4. The number of nitrogens with two attached hydrogens (primary N) is 1. The van der Waals surface area contributed by atoms with E-state index in [1.165, 1.54) is 10.8 Å². The summed E-state index contributed by atoms with van der Waals surface area (Å²) in [4.78, 5) is 7.75. The van der Waals surface area contributed by atoms with E-state index in [1.54, 1.807) is 12.3 Å². The molecular formula is C5H6ClN5. The SMILES string of the molecule is Cl.Nc1ccnc2ncnn12. The van der Waals surface area contributed by atoms with Crippen LogP contribution in [0.15, 0.2) is 18.6 Å². The molecule has 2 N–H and O–H groups in total. The summed E-state index contributed by atoms with van der Waals surface area (Å²) >= 11 is 0. The van der Waals surface area contributed by atoms with Crippen LogP contribution in [0.1, 0.15) is 0 Å². The van der Waals surface area contributed by atoms with Crippen molar-refractivity contribution in [3.63, 3.8) is 0 Å². The van der Waals surface area contributed by atoms with Crippen LogP contribution in [0.3, 0.4) is 0 Å². The molecule has 0 amide bonds. The molecule has 0 unspecified atom stereocenters. The highest BCUT2D eigenvalue weighted by molar-refractivity contribution is 5.85. The van der Waals surface area contributed by atoms with Gasteiger partial charge in [0, 0.05) is 6.20 Å². The van der Waals surface area contributed by atoms with Gasteiger partial charge in [0.1, 0.15) is 12.1 Å². The largest absolute Gasteiger partial charge is 0.383 e. The topological polar surface area (TPSA) is 69.1 Å². The molecule has 2 heterocycles. The van der Waals surface area contributed by atoms with Crippen molar-refractivity contribution in [3.8, 4) is 0 Å². The number of anilines is 1. The molecular weight excluding hydrogens is 166 g/mol. The van der Waals surface area contributed by atoms with Crippen molar-refractivity contribution in [2.24, 2.45) is 0 Å². The third-order valence-corrected chi connectivity index (χ3v) is 1.21. The van der Waals surface area contributed by atoms with Gasteiger partial charge in [-0.25, -0.2) is 4.98 Å². The van der Waals surface area contributed by atoms with Crippen LogP contribution in [0.2, 0.25) is 0 Å². The van der Waals surface area contributed by atoms with Gasteiger partial charge in [0.25, 0.3) is 5.78 Å². The predicted molar refractivity (Wildman–Crippen MR) is 42.4 cm³/mol. The minimum Gasteiger partial charge on any atom is -0.383 e. The zero-order valence-corrected chi connectivity index (χ0v) is 6.32. The van der Waals surface area contributed by atoms with E-state index in [0.717, 1.165) is 0 Å². The van der Waals surface area contributed by atoms with Gasteiger partial charge in [0.2, 0.25) is 0 Å². The van der Waals surface area contributed by atoms with Gasteiger partial charge in [0.05, 0.1) is 0 Å². The van der Waals surface area contributed by atoms with Crippen LogP contribution in [0.4, 0.5) is 5.82 Å². The van der Waals surface area contributed by atoms with E-state index in [9.17, 15) is 0 Å². The first-order valence-electron chi connectivity index (χ1n) is 2.78. The fraction of sp³-hybridized carbons (Fsp3) is 0. The Balaban J connectivity index is 0.000000605. The number of aromatic nitrogens is 4. The summed E-state index contributed by atoms with van der Waals surface area (Å²) in [5.41, 5.74) is 5.52. The minimum atomic E-state index is 0. The molecule has 5 nitrogen and oxygen atoms in total. The summed E-state index contributed by atoms with van der Waals surface area (Å²) in [6.07, 6.45) is 3.01. The van der Waals surface area contributed by atoms with Crippen LogP contribution in [-0.2, 0) is 0 Å². The summed E-state index contributed by atoms with van der Waals surface area (Å²) < 4.78 is 1.47. The summed E-state index contributed by atoms with van der Waals surface area (Å²) in [7, 11) is 0. The fourth-order valence-electron chi connectivity index (χ4n) is 0.756. The molecule has 0 fully saturated rings. The first kappa shape index (κ1) is 7.74. The monoisotopic (exact) mass is 171 g/mol. The summed E-state index contributed by atoms with van der Waals surface area (Å²) in [5, 5.41) is 3.84. The molecule has 0 atom stereocenters. The van der Waals surface area contributed by atoms with Crippen molar-refractivity contribution in [2.45, 2.75) is 0 Å². The van der Waals surface area contributed by atoms with Gasteiger partial charge in [-0.2, -0.15) is 14.6 Å². The maximum Gasteiger partial charge on any atom is 0.254 e. The molecule has 0 aromatic carbocycles. The van der Waals surface area contributed by atoms with Crippen LogP contribution in [0.25, 0.3) is 5.78 Å². The van der Waals surface area contributed by atoms with E-state index < -0.39 is 0 Å². The van der Waals surface area contributed by atoms with Crippen LogP contribution >= 0.6 is 12.4 Å². The number of fused-ring (bicyclic) bond motifs is 1. The Morgan fingerprint density at radius 3 is 2.91 bits per heavy atom. The van der Waals surface area contributed by atoms with Gasteiger partial charge >= 0.3 is 0 Å². The molecule has 11 heavy (non-hydrogen) atoms. The Morgan fingerprint density at radius 1 is 1.36 bits per heavy atom. The van der Waals surface area contributed by atoms with Crippen molar-refractivity contribution >= 4 is 24.0 Å². The first-order valence-corrected chi connectivity index (χ1v) is 2.78. The maximum atomic E-state index is 5.52. The second kappa shape index (κ2) is 2.71. The average Bonchev–Trinajstić information content (AvgIpc) is 2.36. The standard InChI is InChI=1S/C5H5N5.ClH/c6-4-1-2-7-5-8-3-9-10(4)5;/h1-3H,6H2;1H. The molecule has 2 aromatic rings. The summed E-state index contributed by atoms with van der Waals surface area (Å²) in [6.45, 7) is 0. The normalized spacial score (nSPS) is 9.45. The van der Waals surface area contributed by atoms with Gasteiger partial charge < -0.3 is 5.73 Å². The van der Waals surface area contributed by atoms with Gasteiger partial charge in [-0.05, 0) is 6.07 Å². The van der Waals surface area contributed by atoms with Crippen LogP contribution in [-0.4, -0.2) is 19.6 Å². The smallest absolute Gasteiger partial charge is 0.254 e. The Kier molecular flexibility index (Phi) is 1.91. The lowest BCUT2D eigenvalue weighted by Crippen LogP contribution is -1.98. The van der Waals surface area contributed by atoms with Gasteiger partial charge in [-0.1, -0.05) is 0 Å². The Bertz CT molecular complexity index is 356. The third-order valence-electron chi connectivity index (χ3n) is 1.21. The number of hydrogen-bond acceptors (Lipinski definition) is 4. The molecule has 6 heteroatoms. The van der Waals surface area contributed by atoms with Crippen molar-refractivity contribution in [3.05, 3.63) is 18.6 Å². The van der Waals surface area contributed by atoms with Crippen molar-refractivity contribution in [1.29, 1.82) is 0 Å². The highest BCUT2D eigenvalue weighted by Crippen LogP contribution is 1.99. The summed E-state index contributed by atoms with van der Waals surface area (Å²) in [5.74, 6) is 1.07. The van der Waals surface area contributed by atoms with Gasteiger partial charge in [-0.3, -0.25) is 0 Å². The van der Waals surface area contributed by atoms with Gasteiger partial charge in [-0.15, -0.1) is 12.4 Å². The third kappa shape index (κ3) is 1.10. The van der Waals surface area contributed by atoms with E-state index in [0.29, 0.717) is 11.6 Å². The maximum absolute atomic E-state index is 5.52. The number of halogens is 1. The predicted octanol–water partition coefficient (Wildman–Crippen LogP) is 0.128. The molecule has 0 saturated carbocycles. The van der Waals surface area contributed by atoms with Gasteiger partial charge in [0.15, 0.2) is 0 Å². The van der Waals surface area contributed by atoms with E-state index in [4.69, 9.17) is 5.73 Å². The average molecular weight is 172 g/mol. The molecule has 0 aliphatic rings. The zero-order valence-electron chi connectivity index (χ0n) is 5.51. The van der Waals surface area contributed by atoms with Crippen molar-refractivity contribution in [1.82, 2.24) is 19.6 Å². The highest BCUT2D eigenvalue weighted by atomic mass is 35.5. The minimum absolute atomic E-state index is 0. The lowest BCUT2D eigenvalue weighted by Gasteiger charge is -1.92. The molecule has 0 saturated heterocycles. The highest BCUT2D eigenvalue weighted by Gasteiger charge is 1.96. The molecule has 0 aliphatic heterocycles. The number of rotatable bonds is 0. The van der Waals surface area contributed by atoms with Crippen LogP contribution < -0.4 is 5.73 Å². The number of nitrogen functional groups attached to an aromatic ring is 1. The Labute approximate surface area is 68.7 Å². The molecule has 0 spiro atoms. The lowest BCUT2D eigenvalue weighted by atomic mass is 10.6. The lowest BCUT2D eigenvalue weighted by molar-refractivity contribution is 0.952. The first-order chi connectivity index (χ1) is 4.88. The zero-order chi connectivity index (χ0) is 6.97. The van der Waals surface area contributed by atoms with E-state index in [-0.39, 0.29) is 12.4 Å². The Morgan fingerprint density at radius 2 is 2.18 bits per heavy atom. The number of hydrogen-bond donors (Lipinski definition) is 1. The fourth-order valence-corrected chi connectivity index (χ4v) is 0.756. The molecule has 0 aliphatic carbocycles. The van der Waals surface area contributed by atoms with E-state index in [1.807, 2.05) is 0 Å². The quantitative estimate of drug-likeness (QED) is 0.612. The summed E-state index contributed by atoms with van der Waals surface area (Å²) in [6, 6.07) is 1.67. The van der Waals surface area contributed by atoms with Crippen LogP contribution in [0.5, 0.6) is 0 Å². The molecule has 0 bridgehead atoms. The van der Waals surface area contributed by atoms with Crippen LogP contribution in [0, 0.1) is 0 Å². The molecule has 58 valence electrons. The second-order valence-electron chi connectivity index (χ2n) is 1.84. The molecule has 0 radical (unpaired) electrons. The Hall–Kier alpha value is -1.36. The van der Waals surface area contributed by atoms with Crippen molar-refractivity contribution in [2.75, 3.05) is 5.73 Å². The van der Waals surface area contributed by atoms with E-state index in [2.05, 4.69) is 15.1 Å². The molecule has 2 aromatic heterocycles. The van der Waals surface area contributed by atoms with Crippen molar-refractivity contribution < 1.29 is 0 Å². The molecule has 2 rings (SSSR count).